The Bertz CT molecular complexity index is 577. The molecule has 17 heavy (non-hydrogen) atoms. The van der Waals surface area contributed by atoms with Gasteiger partial charge in [-0.3, -0.25) is 4.79 Å². The molecule has 90 valence electrons. The van der Waals surface area contributed by atoms with Gasteiger partial charge in [0.2, 0.25) is 0 Å². The summed E-state index contributed by atoms with van der Waals surface area (Å²) in [6, 6.07) is 7.46. The van der Waals surface area contributed by atoms with Gasteiger partial charge in [-0.05, 0) is 31.9 Å². The molecule has 1 aromatic heterocycles. The van der Waals surface area contributed by atoms with Gasteiger partial charge in [-0.25, -0.2) is 0 Å². The van der Waals surface area contributed by atoms with E-state index in [1.54, 1.807) is 0 Å². The van der Waals surface area contributed by atoms with E-state index in [9.17, 15) is 4.79 Å². The Balaban J connectivity index is 2.74. The van der Waals surface area contributed by atoms with Crippen molar-refractivity contribution >= 4 is 11.0 Å². The van der Waals surface area contributed by atoms with Crippen molar-refractivity contribution in [3.63, 3.8) is 0 Å². The van der Waals surface area contributed by atoms with Gasteiger partial charge in [-0.1, -0.05) is 26.0 Å². The molecule has 0 bridgehead atoms. The molecule has 1 heterocycles. The fourth-order valence-corrected chi connectivity index (χ4v) is 2.30. The van der Waals surface area contributed by atoms with Crippen LogP contribution in [0, 0.1) is 6.92 Å². The molecular formula is C15H18O2. The van der Waals surface area contributed by atoms with Crippen molar-refractivity contribution in [2.45, 2.75) is 39.5 Å². The molecule has 2 rings (SSSR count). The average Bonchev–Trinajstić information content (AvgIpc) is 2.37. The van der Waals surface area contributed by atoms with Gasteiger partial charge in [0.25, 0.3) is 0 Å². The SMILES string of the molecule is CCC(CC)c1oc2ccccc2c(=O)c1C. The first-order valence-electron chi connectivity index (χ1n) is 6.21. The van der Waals surface area contributed by atoms with E-state index in [0.717, 1.165) is 24.2 Å². The van der Waals surface area contributed by atoms with Crippen molar-refractivity contribution in [1.29, 1.82) is 0 Å². The summed E-state index contributed by atoms with van der Waals surface area (Å²) >= 11 is 0. The van der Waals surface area contributed by atoms with Crippen LogP contribution in [0.2, 0.25) is 0 Å². The molecule has 0 aliphatic rings. The quantitative estimate of drug-likeness (QED) is 0.797. The van der Waals surface area contributed by atoms with E-state index in [0.29, 0.717) is 16.9 Å². The van der Waals surface area contributed by atoms with Crippen molar-refractivity contribution < 1.29 is 4.42 Å². The molecule has 0 unspecified atom stereocenters. The highest BCUT2D eigenvalue weighted by Gasteiger charge is 2.16. The Morgan fingerprint density at radius 2 is 1.82 bits per heavy atom. The first-order valence-corrected chi connectivity index (χ1v) is 6.21. The van der Waals surface area contributed by atoms with Crippen LogP contribution in [0.5, 0.6) is 0 Å². The molecule has 0 fully saturated rings. The lowest BCUT2D eigenvalue weighted by molar-refractivity contribution is 0.457. The van der Waals surface area contributed by atoms with Crippen LogP contribution in [0.4, 0.5) is 0 Å². The molecule has 0 spiro atoms. The zero-order valence-electron chi connectivity index (χ0n) is 10.6. The molecule has 2 heteroatoms. The van der Waals surface area contributed by atoms with E-state index in [4.69, 9.17) is 4.42 Å². The Morgan fingerprint density at radius 1 is 1.18 bits per heavy atom. The third kappa shape index (κ3) is 1.99. The molecule has 0 atom stereocenters. The van der Waals surface area contributed by atoms with Crippen LogP contribution >= 0.6 is 0 Å². The fraction of sp³-hybridized carbons (Fsp3) is 0.400. The molecule has 2 aromatic rings. The minimum absolute atomic E-state index is 0.105. The topological polar surface area (TPSA) is 30.2 Å². The summed E-state index contributed by atoms with van der Waals surface area (Å²) in [7, 11) is 0. The van der Waals surface area contributed by atoms with Gasteiger partial charge in [0.05, 0.1) is 5.39 Å². The van der Waals surface area contributed by atoms with Gasteiger partial charge in [-0.2, -0.15) is 0 Å². The summed E-state index contributed by atoms with van der Waals surface area (Å²) < 4.78 is 5.92. The van der Waals surface area contributed by atoms with Crippen molar-refractivity contribution in [2.24, 2.45) is 0 Å². The fourth-order valence-electron chi connectivity index (χ4n) is 2.30. The third-order valence-corrected chi connectivity index (χ3v) is 3.42. The zero-order chi connectivity index (χ0) is 12.4. The maximum absolute atomic E-state index is 12.2. The van der Waals surface area contributed by atoms with Crippen LogP contribution in [0.3, 0.4) is 0 Å². The lowest BCUT2D eigenvalue weighted by atomic mass is 9.96. The predicted molar refractivity (Wildman–Crippen MR) is 70.5 cm³/mol. The largest absolute Gasteiger partial charge is 0.460 e. The van der Waals surface area contributed by atoms with Gasteiger partial charge >= 0.3 is 0 Å². The number of hydrogen-bond donors (Lipinski definition) is 0. The zero-order valence-corrected chi connectivity index (χ0v) is 10.6. The highest BCUT2D eigenvalue weighted by atomic mass is 16.3. The average molecular weight is 230 g/mol. The second kappa shape index (κ2) is 4.74. The second-order valence-corrected chi connectivity index (χ2v) is 4.43. The number of benzene rings is 1. The molecule has 0 amide bonds. The smallest absolute Gasteiger partial charge is 0.195 e. The number of rotatable bonds is 3. The Hall–Kier alpha value is -1.57. The highest BCUT2D eigenvalue weighted by molar-refractivity contribution is 5.77. The number of para-hydroxylation sites is 1. The van der Waals surface area contributed by atoms with Crippen LogP contribution in [-0.4, -0.2) is 0 Å². The molecule has 0 aliphatic carbocycles. The van der Waals surface area contributed by atoms with E-state index in [1.807, 2.05) is 31.2 Å². The lowest BCUT2D eigenvalue weighted by Gasteiger charge is -2.14. The van der Waals surface area contributed by atoms with E-state index in [1.165, 1.54) is 0 Å². The van der Waals surface area contributed by atoms with Gasteiger partial charge in [-0.15, -0.1) is 0 Å². The molecule has 0 saturated heterocycles. The predicted octanol–water partition coefficient (Wildman–Crippen LogP) is 4.01. The standard InChI is InChI=1S/C15H18O2/c1-4-11(5-2)15-10(3)14(16)12-8-6-7-9-13(12)17-15/h6-9,11H,4-5H2,1-3H3. The monoisotopic (exact) mass is 230 g/mol. The van der Waals surface area contributed by atoms with E-state index in [-0.39, 0.29) is 5.43 Å². The molecule has 0 radical (unpaired) electrons. The summed E-state index contributed by atoms with van der Waals surface area (Å²) in [5.74, 6) is 1.20. The summed E-state index contributed by atoms with van der Waals surface area (Å²) in [6.45, 7) is 6.12. The highest BCUT2D eigenvalue weighted by Crippen LogP contribution is 2.27. The van der Waals surface area contributed by atoms with E-state index in [2.05, 4.69) is 13.8 Å². The minimum Gasteiger partial charge on any atom is -0.460 e. The lowest BCUT2D eigenvalue weighted by Crippen LogP contribution is -2.11. The molecule has 0 N–H and O–H groups in total. The van der Waals surface area contributed by atoms with Crippen molar-refractivity contribution in [3.8, 4) is 0 Å². The number of fused-ring (bicyclic) bond motifs is 1. The van der Waals surface area contributed by atoms with Crippen LogP contribution in [0.25, 0.3) is 11.0 Å². The van der Waals surface area contributed by atoms with Crippen LogP contribution < -0.4 is 5.43 Å². The minimum atomic E-state index is 0.105. The Kier molecular flexibility index (Phi) is 3.32. The summed E-state index contributed by atoms with van der Waals surface area (Å²) in [4.78, 5) is 12.2. The Labute approximate surface area is 101 Å². The summed E-state index contributed by atoms with van der Waals surface area (Å²) in [5, 5.41) is 0.680. The van der Waals surface area contributed by atoms with Gasteiger partial charge in [0.15, 0.2) is 5.43 Å². The number of hydrogen-bond acceptors (Lipinski definition) is 2. The van der Waals surface area contributed by atoms with Crippen LogP contribution in [0.1, 0.15) is 43.9 Å². The van der Waals surface area contributed by atoms with Gasteiger partial charge in [0.1, 0.15) is 11.3 Å². The first kappa shape index (κ1) is 11.9. The van der Waals surface area contributed by atoms with E-state index < -0.39 is 0 Å². The summed E-state index contributed by atoms with van der Waals surface area (Å²) in [6.07, 6.45) is 2.00. The molecule has 0 aliphatic heterocycles. The van der Waals surface area contributed by atoms with Gasteiger partial charge < -0.3 is 4.42 Å². The molecular weight excluding hydrogens is 212 g/mol. The van der Waals surface area contributed by atoms with Gasteiger partial charge in [0, 0.05) is 11.5 Å². The van der Waals surface area contributed by atoms with Crippen LogP contribution in [0.15, 0.2) is 33.5 Å². The third-order valence-electron chi connectivity index (χ3n) is 3.42. The Morgan fingerprint density at radius 3 is 2.47 bits per heavy atom. The maximum Gasteiger partial charge on any atom is 0.195 e. The summed E-state index contributed by atoms with van der Waals surface area (Å²) in [5.41, 5.74) is 1.57. The van der Waals surface area contributed by atoms with Crippen molar-refractivity contribution in [2.75, 3.05) is 0 Å². The normalized spacial score (nSPS) is 11.3. The molecule has 2 nitrogen and oxygen atoms in total. The van der Waals surface area contributed by atoms with E-state index >= 15 is 0 Å². The maximum atomic E-state index is 12.2. The first-order chi connectivity index (χ1) is 8.19. The van der Waals surface area contributed by atoms with Crippen molar-refractivity contribution in [1.82, 2.24) is 0 Å². The van der Waals surface area contributed by atoms with Crippen molar-refractivity contribution in [3.05, 3.63) is 45.8 Å². The molecule has 1 aromatic carbocycles. The molecule has 0 saturated carbocycles. The van der Waals surface area contributed by atoms with Crippen LogP contribution in [-0.2, 0) is 0 Å². The second-order valence-electron chi connectivity index (χ2n) is 4.43.